The smallest absolute Gasteiger partial charge is 0.314 e. The molecule has 0 aliphatic heterocycles. The van der Waals surface area contributed by atoms with E-state index in [1.54, 1.807) is 13.1 Å². The number of esters is 1. The van der Waals surface area contributed by atoms with Gasteiger partial charge < -0.3 is 4.74 Å². The van der Waals surface area contributed by atoms with Crippen LogP contribution in [0.25, 0.3) is 0 Å². The van der Waals surface area contributed by atoms with Crippen LogP contribution in [0.5, 0.6) is 0 Å². The highest BCUT2D eigenvalue weighted by Crippen LogP contribution is 2.19. The highest BCUT2D eigenvalue weighted by atomic mass is 16.5. The fraction of sp³-hybridized carbons (Fsp3) is 0.500. The summed E-state index contributed by atoms with van der Waals surface area (Å²) in [5, 5.41) is 0. The van der Waals surface area contributed by atoms with Crippen LogP contribution in [0, 0.1) is 0 Å². The summed E-state index contributed by atoms with van der Waals surface area (Å²) in [4.78, 5) is 15.5. The van der Waals surface area contributed by atoms with E-state index < -0.39 is 0 Å². The van der Waals surface area contributed by atoms with Crippen LogP contribution in [0.1, 0.15) is 43.9 Å². The topological polar surface area (TPSA) is 39.2 Å². The monoisotopic (exact) mass is 207 g/mol. The number of rotatable bonds is 3. The van der Waals surface area contributed by atoms with Crippen molar-refractivity contribution >= 4 is 5.97 Å². The van der Waals surface area contributed by atoms with Gasteiger partial charge >= 0.3 is 5.97 Å². The van der Waals surface area contributed by atoms with Crippen molar-refractivity contribution in [2.75, 3.05) is 7.11 Å². The lowest BCUT2D eigenvalue weighted by Gasteiger charge is -2.11. The first kappa shape index (κ1) is 11.7. The molecule has 1 heterocycles. The number of methoxy groups -OCH3 is 1. The van der Waals surface area contributed by atoms with E-state index in [1.807, 2.05) is 12.1 Å². The molecule has 0 spiro atoms. The van der Waals surface area contributed by atoms with Crippen molar-refractivity contribution in [3.63, 3.8) is 0 Å². The van der Waals surface area contributed by atoms with Crippen LogP contribution in [-0.4, -0.2) is 18.1 Å². The summed E-state index contributed by atoms with van der Waals surface area (Å²) in [5.41, 5.74) is 1.96. The predicted octanol–water partition coefficient (Wildman–Crippen LogP) is 2.48. The highest BCUT2D eigenvalue weighted by molar-refractivity contribution is 5.76. The van der Waals surface area contributed by atoms with E-state index >= 15 is 0 Å². The fourth-order valence-electron chi connectivity index (χ4n) is 1.36. The second-order valence-corrected chi connectivity index (χ2v) is 3.91. The normalized spacial score (nSPS) is 12.6. The number of carbonyl (C=O) groups is 1. The van der Waals surface area contributed by atoms with E-state index in [4.69, 9.17) is 0 Å². The highest BCUT2D eigenvalue weighted by Gasteiger charge is 2.17. The Labute approximate surface area is 90.5 Å². The first-order valence-corrected chi connectivity index (χ1v) is 5.10. The molecule has 15 heavy (non-hydrogen) atoms. The van der Waals surface area contributed by atoms with Crippen LogP contribution in [-0.2, 0) is 9.53 Å². The van der Waals surface area contributed by atoms with Gasteiger partial charge in [0.2, 0.25) is 0 Å². The molecule has 0 saturated heterocycles. The Morgan fingerprint density at radius 1 is 1.40 bits per heavy atom. The van der Waals surface area contributed by atoms with Crippen molar-refractivity contribution in [2.24, 2.45) is 0 Å². The maximum absolute atomic E-state index is 11.3. The van der Waals surface area contributed by atoms with Crippen molar-refractivity contribution < 1.29 is 9.53 Å². The minimum Gasteiger partial charge on any atom is -0.469 e. The van der Waals surface area contributed by atoms with Crippen molar-refractivity contribution in [1.82, 2.24) is 4.98 Å². The number of pyridine rings is 1. The Balaban J connectivity index is 2.95. The van der Waals surface area contributed by atoms with Crippen molar-refractivity contribution in [1.29, 1.82) is 0 Å². The molecular weight excluding hydrogens is 190 g/mol. The standard InChI is InChI=1S/C12H17NO2/c1-8(2)10-5-6-13-11(7-10)9(3)12(14)15-4/h5-9H,1-4H3. The summed E-state index contributed by atoms with van der Waals surface area (Å²) in [6.07, 6.45) is 1.74. The summed E-state index contributed by atoms with van der Waals surface area (Å²) in [5.74, 6) is -0.103. The van der Waals surface area contributed by atoms with Crippen LogP contribution in [0.4, 0.5) is 0 Å². The maximum atomic E-state index is 11.3. The Hall–Kier alpha value is -1.38. The summed E-state index contributed by atoms with van der Waals surface area (Å²) >= 11 is 0. The van der Waals surface area contributed by atoms with Crippen LogP contribution >= 0.6 is 0 Å². The minimum absolute atomic E-state index is 0.247. The number of carbonyl (C=O) groups excluding carboxylic acids is 1. The van der Waals surface area contributed by atoms with Gasteiger partial charge in [-0.2, -0.15) is 0 Å². The Morgan fingerprint density at radius 3 is 2.60 bits per heavy atom. The second-order valence-electron chi connectivity index (χ2n) is 3.91. The zero-order valence-electron chi connectivity index (χ0n) is 9.65. The number of ether oxygens (including phenoxy) is 1. The summed E-state index contributed by atoms with van der Waals surface area (Å²) in [7, 11) is 1.39. The number of nitrogens with zero attached hydrogens (tertiary/aromatic N) is 1. The maximum Gasteiger partial charge on any atom is 0.314 e. The van der Waals surface area contributed by atoms with E-state index in [0.29, 0.717) is 5.92 Å². The Kier molecular flexibility index (Phi) is 3.83. The van der Waals surface area contributed by atoms with Crippen LogP contribution in [0.2, 0.25) is 0 Å². The molecule has 1 aromatic heterocycles. The zero-order valence-corrected chi connectivity index (χ0v) is 9.65. The molecule has 0 aliphatic rings. The first-order valence-electron chi connectivity index (χ1n) is 5.10. The molecule has 0 aliphatic carbocycles. The molecule has 0 saturated carbocycles. The van der Waals surface area contributed by atoms with E-state index in [-0.39, 0.29) is 11.9 Å². The van der Waals surface area contributed by atoms with Gasteiger partial charge in [0.1, 0.15) is 0 Å². The third-order valence-corrected chi connectivity index (χ3v) is 2.47. The molecule has 1 atom stereocenters. The van der Waals surface area contributed by atoms with Crippen molar-refractivity contribution in [3.8, 4) is 0 Å². The molecule has 0 amide bonds. The van der Waals surface area contributed by atoms with Crippen molar-refractivity contribution in [3.05, 3.63) is 29.6 Å². The van der Waals surface area contributed by atoms with Crippen LogP contribution in [0.15, 0.2) is 18.3 Å². The quantitative estimate of drug-likeness (QED) is 0.715. The molecule has 0 fully saturated rings. The lowest BCUT2D eigenvalue weighted by Crippen LogP contribution is -2.12. The Morgan fingerprint density at radius 2 is 2.07 bits per heavy atom. The van der Waals surface area contributed by atoms with E-state index in [9.17, 15) is 4.79 Å². The molecule has 0 aromatic carbocycles. The van der Waals surface area contributed by atoms with Gasteiger partial charge in [-0.25, -0.2) is 0 Å². The van der Waals surface area contributed by atoms with Gasteiger partial charge in [0.15, 0.2) is 0 Å². The fourth-order valence-corrected chi connectivity index (χ4v) is 1.36. The SMILES string of the molecule is COC(=O)C(C)c1cc(C(C)C)ccn1. The molecule has 0 bridgehead atoms. The van der Waals surface area contributed by atoms with Crippen molar-refractivity contribution in [2.45, 2.75) is 32.6 Å². The third-order valence-electron chi connectivity index (χ3n) is 2.47. The summed E-state index contributed by atoms with van der Waals surface area (Å²) in [6.45, 7) is 6.03. The average molecular weight is 207 g/mol. The molecule has 0 radical (unpaired) electrons. The third kappa shape index (κ3) is 2.78. The molecule has 1 aromatic rings. The van der Waals surface area contributed by atoms with Crippen LogP contribution < -0.4 is 0 Å². The first-order chi connectivity index (χ1) is 7.06. The molecule has 82 valence electrons. The number of hydrogen-bond donors (Lipinski definition) is 0. The molecule has 1 unspecified atom stereocenters. The molecule has 3 nitrogen and oxygen atoms in total. The largest absolute Gasteiger partial charge is 0.469 e. The number of hydrogen-bond acceptors (Lipinski definition) is 3. The minimum atomic E-state index is -0.298. The van der Waals surface area contributed by atoms with Gasteiger partial charge in [-0.05, 0) is 30.5 Å². The molecule has 0 N–H and O–H groups in total. The van der Waals surface area contributed by atoms with Gasteiger partial charge in [0, 0.05) is 6.20 Å². The summed E-state index contributed by atoms with van der Waals surface area (Å²) in [6, 6.07) is 3.93. The molecular formula is C12H17NO2. The molecule has 1 rings (SSSR count). The van der Waals surface area contributed by atoms with Gasteiger partial charge in [-0.3, -0.25) is 9.78 Å². The van der Waals surface area contributed by atoms with E-state index in [2.05, 4.69) is 23.6 Å². The van der Waals surface area contributed by atoms with Gasteiger partial charge in [-0.1, -0.05) is 13.8 Å². The van der Waals surface area contributed by atoms with Gasteiger partial charge in [0.25, 0.3) is 0 Å². The van der Waals surface area contributed by atoms with Gasteiger partial charge in [-0.15, -0.1) is 0 Å². The average Bonchev–Trinajstić information content (AvgIpc) is 2.27. The van der Waals surface area contributed by atoms with E-state index in [0.717, 1.165) is 5.69 Å². The van der Waals surface area contributed by atoms with Crippen LogP contribution in [0.3, 0.4) is 0 Å². The van der Waals surface area contributed by atoms with E-state index in [1.165, 1.54) is 12.7 Å². The Bertz CT molecular complexity index is 347. The van der Waals surface area contributed by atoms with Gasteiger partial charge in [0.05, 0.1) is 18.7 Å². The number of aromatic nitrogens is 1. The lowest BCUT2D eigenvalue weighted by molar-refractivity contribution is -0.142. The zero-order chi connectivity index (χ0) is 11.4. The summed E-state index contributed by atoms with van der Waals surface area (Å²) < 4.78 is 4.69. The second kappa shape index (κ2) is 4.91. The lowest BCUT2D eigenvalue weighted by atomic mass is 10.00. The molecule has 3 heteroatoms. The predicted molar refractivity (Wildman–Crippen MR) is 58.8 cm³/mol.